The Bertz CT molecular complexity index is 659. The number of rotatable bonds is 0. The molecular weight excluding hydrogens is 224 g/mol. The van der Waals surface area contributed by atoms with Crippen molar-refractivity contribution in [2.24, 2.45) is 0 Å². The third-order valence-corrected chi connectivity index (χ3v) is 3.90. The van der Waals surface area contributed by atoms with E-state index in [1.807, 2.05) is 30.3 Å². The monoisotopic (exact) mass is 234 g/mol. The third kappa shape index (κ3) is 1.55. The molecule has 2 aromatic carbocycles. The molecule has 1 aliphatic heterocycles. The first-order chi connectivity index (χ1) is 7.64. The standard InChI is InChI=1S/C12H10O3S/c13-16(14)6-5-11-7-9-3-1-2-4-10(9)8-12(11)15-16/h1-4,7-8H,5-6H2. The van der Waals surface area contributed by atoms with Crippen molar-refractivity contribution in [1.82, 2.24) is 0 Å². The molecule has 3 nitrogen and oxygen atoms in total. The lowest BCUT2D eigenvalue weighted by Crippen LogP contribution is -2.21. The summed E-state index contributed by atoms with van der Waals surface area (Å²) in [5, 5.41) is 2.11. The third-order valence-electron chi connectivity index (χ3n) is 2.77. The zero-order chi connectivity index (χ0) is 11.2. The number of fused-ring (bicyclic) bond motifs is 2. The quantitative estimate of drug-likeness (QED) is 0.656. The average Bonchev–Trinajstić information content (AvgIpc) is 2.25. The molecule has 0 atom stereocenters. The highest BCUT2D eigenvalue weighted by Gasteiger charge is 2.22. The summed E-state index contributed by atoms with van der Waals surface area (Å²) in [6, 6.07) is 11.6. The van der Waals surface area contributed by atoms with Crippen molar-refractivity contribution < 1.29 is 12.6 Å². The van der Waals surface area contributed by atoms with Gasteiger partial charge in [0.15, 0.2) is 0 Å². The second kappa shape index (κ2) is 3.22. The highest BCUT2D eigenvalue weighted by molar-refractivity contribution is 7.87. The number of benzene rings is 2. The highest BCUT2D eigenvalue weighted by Crippen LogP contribution is 2.30. The molecular formula is C12H10O3S. The van der Waals surface area contributed by atoms with E-state index in [1.54, 1.807) is 6.07 Å². The Hall–Kier alpha value is -1.55. The van der Waals surface area contributed by atoms with Crippen molar-refractivity contribution in [3.8, 4) is 5.75 Å². The van der Waals surface area contributed by atoms with E-state index in [0.717, 1.165) is 16.3 Å². The zero-order valence-corrected chi connectivity index (χ0v) is 9.33. The van der Waals surface area contributed by atoms with Gasteiger partial charge in [-0.15, -0.1) is 0 Å². The van der Waals surface area contributed by atoms with Crippen molar-refractivity contribution >= 4 is 20.9 Å². The maximum atomic E-state index is 11.3. The Balaban J connectivity index is 2.25. The molecule has 0 aromatic heterocycles. The molecule has 1 aliphatic rings. The van der Waals surface area contributed by atoms with Crippen molar-refractivity contribution in [3.63, 3.8) is 0 Å². The number of hydrogen-bond acceptors (Lipinski definition) is 3. The first kappa shape index (κ1) is 9.66. The summed E-state index contributed by atoms with van der Waals surface area (Å²) in [4.78, 5) is 0. The Morgan fingerprint density at radius 3 is 2.50 bits per heavy atom. The lowest BCUT2D eigenvalue weighted by Gasteiger charge is -2.17. The lowest BCUT2D eigenvalue weighted by molar-refractivity contribution is 0.473. The van der Waals surface area contributed by atoms with Crippen LogP contribution < -0.4 is 4.18 Å². The molecule has 16 heavy (non-hydrogen) atoms. The fourth-order valence-electron chi connectivity index (χ4n) is 1.95. The second-order valence-electron chi connectivity index (χ2n) is 3.90. The maximum Gasteiger partial charge on any atom is 0.309 e. The second-order valence-corrected chi connectivity index (χ2v) is 5.59. The summed E-state index contributed by atoms with van der Waals surface area (Å²) in [6.45, 7) is 0. The average molecular weight is 234 g/mol. The van der Waals surface area contributed by atoms with Gasteiger partial charge < -0.3 is 4.18 Å². The van der Waals surface area contributed by atoms with E-state index >= 15 is 0 Å². The predicted octanol–water partition coefficient (Wildman–Crippen LogP) is 2.10. The molecule has 0 saturated carbocycles. The first-order valence-corrected chi connectivity index (χ1v) is 6.66. The lowest BCUT2D eigenvalue weighted by atomic mass is 10.0. The molecule has 1 heterocycles. The SMILES string of the molecule is O=S1(=O)CCc2cc3ccccc3cc2O1. The number of hydrogen-bond donors (Lipinski definition) is 0. The molecule has 82 valence electrons. The molecule has 4 heteroatoms. The van der Waals surface area contributed by atoms with Gasteiger partial charge in [-0.25, -0.2) is 0 Å². The minimum Gasteiger partial charge on any atom is -0.382 e. The van der Waals surface area contributed by atoms with Crippen LogP contribution in [0.2, 0.25) is 0 Å². The van der Waals surface area contributed by atoms with Crippen LogP contribution in [0.1, 0.15) is 5.56 Å². The first-order valence-electron chi connectivity index (χ1n) is 5.08. The molecule has 0 fully saturated rings. The van der Waals surface area contributed by atoms with Gasteiger partial charge in [-0.3, -0.25) is 0 Å². The predicted molar refractivity (Wildman–Crippen MR) is 62.1 cm³/mol. The van der Waals surface area contributed by atoms with Gasteiger partial charge in [-0.1, -0.05) is 24.3 Å². The van der Waals surface area contributed by atoms with Crippen LogP contribution >= 0.6 is 0 Å². The Kier molecular flexibility index (Phi) is 1.94. The van der Waals surface area contributed by atoms with E-state index in [4.69, 9.17) is 4.18 Å². The Morgan fingerprint density at radius 1 is 1.06 bits per heavy atom. The minimum absolute atomic E-state index is 0.0678. The fraction of sp³-hybridized carbons (Fsp3) is 0.167. The molecule has 0 saturated heterocycles. The van der Waals surface area contributed by atoms with Crippen LogP contribution in [0.5, 0.6) is 5.75 Å². The Morgan fingerprint density at radius 2 is 1.75 bits per heavy atom. The van der Waals surface area contributed by atoms with Gasteiger partial charge in [0.2, 0.25) is 0 Å². The molecule has 0 radical (unpaired) electrons. The smallest absolute Gasteiger partial charge is 0.309 e. The Labute approximate surface area is 93.8 Å². The molecule has 0 aliphatic carbocycles. The molecule has 0 bridgehead atoms. The summed E-state index contributed by atoms with van der Waals surface area (Å²) in [5.41, 5.74) is 0.966. The largest absolute Gasteiger partial charge is 0.382 e. The van der Waals surface area contributed by atoms with Gasteiger partial charge in [-0.2, -0.15) is 8.42 Å². The van der Waals surface area contributed by atoms with Crippen LogP contribution in [0.25, 0.3) is 10.8 Å². The van der Waals surface area contributed by atoms with Crippen molar-refractivity contribution in [3.05, 3.63) is 42.0 Å². The summed E-state index contributed by atoms with van der Waals surface area (Å²) in [6.07, 6.45) is 0.530. The van der Waals surface area contributed by atoms with Crippen LogP contribution in [-0.2, 0) is 16.5 Å². The number of aryl methyl sites for hydroxylation is 1. The normalized spacial score (nSPS) is 17.8. The van der Waals surface area contributed by atoms with E-state index in [0.29, 0.717) is 12.2 Å². The molecule has 0 amide bonds. The summed E-state index contributed by atoms with van der Waals surface area (Å²) < 4.78 is 27.7. The van der Waals surface area contributed by atoms with Gasteiger partial charge in [0, 0.05) is 0 Å². The van der Waals surface area contributed by atoms with Gasteiger partial charge in [0.1, 0.15) is 5.75 Å². The van der Waals surface area contributed by atoms with Gasteiger partial charge in [-0.05, 0) is 34.9 Å². The van der Waals surface area contributed by atoms with Crippen LogP contribution in [-0.4, -0.2) is 14.2 Å². The van der Waals surface area contributed by atoms with Crippen LogP contribution in [0.3, 0.4) is 0 Å². The van der Waals surface area contributed by atoms with Crippen molar-refractivity contribution in [2.45, 2.75) is 6.42 Å². The topological polar surface area (TPSA) is 43.4 Å². The van der Waals surface area contributed by atoms with E-state index in [2.05, 4.69) is 0 Å². The fourth-order valence-corrected chi connectivity index (χ4v) is 2.93. The summed E-state index contributed by atoms with van der Waals surface area (Å²) >= 11 is 0. The minimum atomic E-state index is -3.36. The van der Waals surface area contributed by atoms with Gasteiger partial charge >= 0.3 is 10.1 Å². The summed E-state index contributed by atoms with van der Waals surface area (Å²) in [5.74, 6) is 0.545. The maximum absolute atomic E-state index is 11.3. The van der Waals surface area contributed by atoms with Crippen LogP contribution in [0.4, 0.5) is 0 Å². The van der Waals surface area contributed by atoms with Crippen LogP contribution in [0.15, 0.2) is 36.4 Å². The van der Waals surface area contributed by atoms with Crippen molar-refractivity contribution in [1.29, 1.82) is 0 Å². The van der Waals surface area contributed by atoms with E-state index < -0.39 is 10.1 Å². The molecule has 0 spiro atoms. The van der Waals surface area contributed by atoms with E-state index in [-0.39, 0.29) is 5.75 Å². The van der Waals surface area contributed by atoms with Crippen molar-refractivity contribution in [2.75, 3.05) is 5.75 Å². The van der Waals surface area contributed by atoms with E-state index in [9.17, 15) is 8.42 Å². The molecule has 3 rings (SSSR count). The zero-order valence-electron chi connectivity index (χ0n) is 8.51. The summed E-state index contributed by atoms with van der Waals surface area (Å²) in [7, 11) is -3.36. The van der Waals surface area contributed by atoms with E-state index in [1.165, 1.54) is 0 Å². The van der Waals surface area contributed by atoms with Crippen LogP contribution in [0, 0.1) is 0 Å². The molecule has 0 unspecified atom stereocenters. The molecule has 2 aromatic rings. The van der Waals surface area contributed by atoms with Gasteiger partial charge in [0.05, 0.1) is 5.75 Å². The molecule has 0 N–H and O–H groups in total. The van der Waals surface area contributed by atoms with Gasteiger partial charge in [0.25, 0.3) is 0 Å². The highest BCUT2D eigenvalue weighted by atomic mass is 32.2.